The Morgan fingerprint density at radius 2 is 1.85 bits per heavy atom. The van der Waals surface area contributed by atoms with E-state index in [1.807, 2.05) is 18.3 Å². The summed E-state index contributed by atoms with van der Waals surface area (Å²) in [4.78, 5) is 22.0. The van der Waals surface area contributed by atoms with Crippen molar-refractivity contribution in [2.24, 2.45) is 0 Å². The number of nitrogens with one attached hydrogen (secondary N) is 1. The maximum absolute atomic E-state index is 4.98. The highest BCUT2D eigenvalue weighted by molar-refractivity contribution is 7.14. The zero-order valence-corrected chi connectivity index (χ0v) is 15.8. The summed E-state index contributed by atoms with van der Waals surface area (Å²) in [7, 11) is 0. The number of imidazole rings is 1. The second-order valence-electron chi connectivity index (χ2n) is 6.50. The number of pyridine rings is 2. The highest BCUT2D eigenvalue weighted by atomic mass is 32.1. The molecule has 0 spiro atoms. The number of fused-ring (bicyclic) bond motifs is 1. The van der Waals surface area contributed by atoms with Crippen LogP contribution in [0.1, 0.15) is 4.88 Å². The summed E-state index contributed by atoms with van der Waals surface area (Å²) in [5, 5.41) is 4.28. The van der Waals surface area contributed by atoms with Crippen LogP contribution in [0.2, 0.25) is 0 Å². The zero-order valence-electron chi connectivity index (χ0n) is 15.0. The molecular formula is C19H19N7S. The van der Waals surface area contributed by atoms with Gasteiger partial charge in [-0.05, 0) is 31.2 Å². The average molecular weight is 377 g/mol. The van der Waals surface area contributed by atoms with Crippen LogP contribution in [0.15, 0.2) is 42.9 Å². The SMILES string of the molecule is Cc1cnc(-c2nc3ccc(N4CCNCC4)nc3n2-c2ccncc2)s1. The molecule has 1 saturated heterocycles. The molecular weight excluding hydrogens is 358 g/mol. The van der Waals surface area contributed by atoms with E-state index in [4.69, 9.17) is 9.97 Å². The van der Waals surface area contributed by atoms with Crippen molar-refractivity contribution in [3.8, 4) is 16.5 Å². The predicted molar refractivity (Wildman–Crippen MR) is 108 cm³/mol. The molecule has 0 unspecified atom stereocenters. The highest BCUT2D eigenvalue weighted by Crippen LogP contribution is 2.31. The maximum atomic E-state index is 4.98. The van der Waals surface area contributed by atoms with Crippen LogP contribution in [0.25, 0.3) is 27.7 Å². The minimum Gasteiger partial charge on any atom is -0.354 e. The van der Waals surface area contributed by atoms with E-state index >= 15 is 0 Å². The third-order valence-corrected chi connectivity index (χ3v) is 5.57. The first-order valence-electron chi connectivity index (χ1n) is 8.98. The Bertz CT molecular complexity index is 1080. The van der Waals surface area contributed by atoms with Gasteiger partial charge in [-0.2, -0.15) is 0 Å². The smallest absolute Gasteiger partial charge is 0.176 e. The minimum atomic E-state index is 0.819. The van der Waals surface area contributed by atoms with E-state index in [1.54, 1.807) is 23.7 Å². The molecule has 0 aromatic carbocycles. The number of aryl methyl sites for hydroxylation is 1. The summed E-state index contributed by atoms with van der Waals surface area (Å²) in [6.45, 7) is 5.93. The molecule has 4 aromatic heterocycles. The Hall–Kier alpha value is -2.84. The fraction of sp³-hybridized carbons (Fsp3) is 0.263. The van der Waals surface area contributed by atoms with Crippen molar-refractivity contribution < 1.29 is 0 Å². The number of thiazole rings is 1. The van der Waals surface area contributed by atoms with Gasteiger partial charge in [0, 0.05) is 49.6 Å². The lowest BCUT2D eigenvalue weighted by molar-refractivity contribution is 0.585. The predicted octanol–water partition coefficient (Wildman–Crippen LogP) is 2.66. The Balaban J connectivity index is 1.72. The summed E-state index contributed by atoms with van der Waals surface area (Å²) >= 11 is 1.64. The molecule has 8 heteroatoms. The van der Waals surface area contributed by atoms with Gasteiger partial charge in [-0.15, -0.1) is 11.3 Å². The maximum Gasteiger partial charge on any atom is 0.176 e. The Morgan fingerprint density at radius 1 is 1.04 bits per heavy atom. The van der Waals surface area contributed by atoms with Gasteiger partial charge in [-0.25, -0.2) is 15.0 Å². The molecule has 0 aliphatic carbocycles. The number of hydrogen-bond acceptors (Lipinski definition) is 7. The van der Waals surface area contributed by atoms with Crippen molar-refractivity contribution >= 4 is 28.3 Å². The number of nitrogens with zero attached hydrogens (tertiary/aromatic N) is 6. The summed E-state index contributed by atoms with van der Waals surface area (Å²) in [5.41, 5.74) is 2.70. The second-order valence-corrected chi connectivity index (χ2v) is 7.74. The molecule has 4 aromatic rings. The molecule has 1 aliphatic rings. The van der Waals surface area contributed by atoms with Crippen LogP contribution < -0.4 is 10.2 Å². The van der Waals surface area contributed by atoms with Crippen molar-refractivity contribution in [3.63, 3.8) is 0 Å². The van der Waals surface area contributed by atoms with Gasteiger partial charge in [0.15, 0.2) is 16.5 Å². The second kappa shape index (κ2) is 6.71. The summed E-state index contributed by atoms with van der Waals surface area (Å²) in [5.74, 6) is 1.81. The number of aromatic nitrogens is 5. The molecule has 1 fully saturated rings. The van der Waals surface area contributed by atoms with Crippen molar-refractivity contribution in [2.75, 3.05) is 31.1 Å². The van der Waals surface area contributed by atoms with Gasteiger partial charge in [-0.3, -0.25) is 9.55 Å². The van der Waals surface area contributed by atoms with Gasteiger partial charge in [-0.1, -0.05) is 0 Å². The van der Waals surface area contributed by atoms with Crippen molar-refractivity contribution in [1.29, 1.82) is 0 Å². The van der Waals surface area contributed by atoms with Gasteiger partial charge in [0.1, 0.15) is 11.3 Å². The van der Waals surface area contributed by atoms with Crippen LogP contribution in [-0.4, -0.2) is 50.7 Å². The molecule has 5 rings (SSSR count). The van der Waals surface area contributed by atoms with E-state index in [0.717, 1.165) is 64.6 Å². The average Bonchev–Trinajstić information content (AvgIpc) is 3.32. The highest BCUT2D eigenvalue weighted by Gasteiger charge is 2.20. The van der Waals surface area contributed by atoms with Gasteiger partial charge in [0.25, 0.3) is 0 Å². The van der Waals surface area contributed by atoms with E-state index < -0.39 is 0 Å². The fourth-order valence-corrected chi connectivity index (χ4v) is 4.10. The lowest BCUT2D eigenvalue weighted by Crippen LogP contribution is -2.43. The summed E-state index contributed by atoms with van der Waals surface area (Å²) in [6, 6.07) is 8.07. The van der Waals surface area contributed by atoms with Crippen LogP contribution >= 0.6 is 11.3 Å². The van der Waals surface area contributed by atoms with Crippen LogP contribution in [0.3, 0.4) is 0 Å². The third-order valence-electron chi connectivity index (χ3n) is 4.66. The molecule has 0 saturated carbocycles. The normalized spacial score (nSPS) is 14.8. The standard InChI is InChI=1S/C19H19N7S/c1-13-12-22-19(27-13)18-23-15-2-3-16(25-10-8-21-9-11-25)24-17(15)26(18)14-4-6-20-7-5-14/h2-7,12,21H,8-11H2,1H3. The lowest BCUT2D eigenvalue weighted by Gasteiger charge is -2.28. The monoisotopic (exact) mass is 377 g/mol. The van der Waals surface area contributed by atoms with E-state index in [2.05, 4.69) is 43.8 Å². The van der Waals surface area contributed by atoms with Crippen LogP contribution in [0, 0.1) is 6.92 Å². The van der Waals surface area contributed by atoms with Crippen molar-refractivity contribution in [3.05, 3.63) is 47.7 Å². The third kappa shape index (κ3) is 2.96. The van der Waals surface area contributed by atoms with Gasteiger partial charge < -0.3 is 10.2 Å². The quantitative estimate of drug-likeness (QED) is 0.592. The van der Waals surface area contributed by atoms with Gasteiger partial charge in [0.05, 0.1) is 5.69 Å². The van der Waals surface area contributed by atoms with E-state index in [9.17, 15) is 0 Å². The summed E-state index contributed by atoms with van der Waals surface area (Å²) in [6.07, 6.45) is 5.46. The first-order chi connectivity index (χ1) is 13.3. The van der Waals surface area contributed by atoms with Gasteiger partial charge in [0.2, 0.25) is 0 Å². The molecule has 0 atom stereocenters. The molecule has 136 valence electrons. The molecule has 1 aliphatic heterocycles. The molecule has 0 radical (unpaired) electrons. The zero-order chi connectivity index (χ0) is 18.2. The van der Waals surface area contributed by atoms with E-state index in [0.29, 0.717) is 0 Å². The van der Waals surface area contributed by atoms with Crippen molar-refractivity contribution in [1.82, 2.24) is 29.8 Å². The lowest BCUT2D eigenvalue weighted by atomic mass is 10.3. The van der Waals surface area contributed by atoms with E-state index in [-0.39, 0.29) is 0 Å². The van der Waals surface area contributed by atoms with Crippen LogP contribution in [0.5, 0.6) is 0 Å². The Morgan fingerprint density at radius 3 is 2.59 bits per heavy atom. The summed E-state index contributed by atoms with van der Waals surface area (Å²) < 4.78 is 2.08. The number of rotatable bonds is 3. The van der Waals surface area contributed by atoms with Crippen molar-refractivity contribution in [2.45, 2.75) is 6.92 Å². The first-order valence-corrected chi connectivity index (χ1v) is 9.79. The largest absolute Gasteiger partial charge is 0.354 e. The van der Waals surface area contributed by atoms with Crippen LogP contribution in [0.4, 0.5) is 5.82 Å². The first kappa shape index (κ1) is 16.3. The topological polar surface area (TPSA) is 71.8 Å². The number of piperazine rings is 1. The van der Waals surface area contributed by atoms with Gasteiger partial charge >= 0.3 is 0 Å². The number of hydrogen-bond donors (Lipinski definition) is 1. The molecule has 5 heterocycles. The minimum absolute atomic E-state index is 0.819. The molecule has 27 heavy (non-hydrogen) atoms. The van der Waals surface area contributed by atoms with E-state index in [1.165, 1.54) is 0 Å². The molecule has 7 nitrogen and oxygen atoms in total. The Labute approximate surface area is 160 Å². The fourth-order valence-electron chi connectivity index (χ4n) is 3.36. The molecule has 0 amide bonds. The van der Waals surface area contributed by atoms with Crippen LogP contribution in [-0.2, 0) is 0 Å². The molecule has 0 bridgehead atoms. The number of anilines is 1. The Kier molecular flexibility index (Phi) is 4.06. The molecule has 1 N–H and O–H groups in total.